The molecule has 3 nitrogen and oxygen atoms in total. The van der Waals surface area contributed by atoms with Gasteiger partial charge in [-0.3, -0.25) is 0 Å². The Bertz CT molecular complexity index is 644. The van der Waals surface area contributed by atoms with Gasteiger partial charge < -0.3 is 15.7 Å². The topological polar surface area (TPSA) is 49.5 Å². The summed E-state index contributed by atoms with van der Waals surface area (Å²) in [5.41, 5.74) is 9.17. The van der Waals surface area contributed by atoms with Gasteiger partial charge in [-0.25, -0.2) is 0 Å². The van der Waals surface area contributed by atoms with Crippen molar-refractivity contribution in [3.63, 3.8) is 0 Å². The smallest absolute Gasteiger partial charge is 0.120 e. The van der Waals surface area contributed by atoms with Gasteiger partial charge in [0.25, 0.3) is 0 Å². The van der Waals surface area contributed by atoms with Gasteiger partial charge in [0.1, 0.15) is 5.75 Å². The number of aromatic hydroxyl groups is 1. The van der Waals surface area contributed by atoms with Crippen LogP contribution < -0.4 is 10.6 Å². The van der Waals surface area contributed by atoms with Crippen molar-refractivity contribution in [2.24, 2.45) is 5.73 Å². The van der Waals surface area contributed by atoms with Crippen LogP contribution in [0.25, 0.3) is 0 Å². The number of hydrogen-bond donors (Lipinski definition) is 2. The van der Waals surface area contributed by atoms with Crippen LogP contribution in [0.4, 0.5) is 5.69 Å². The lowest BCUT2D eigenvalue weighted by Gasteiger charge is -2.20. The van der Waals surface area contributed by atoms with Gasteiger partial charge in [0.05, 0.1) is 0 Å². The highest BCUT2D eigenvalue weighted by molar-refractivity contribution is 6.30. The zero-order valence-electron chi connectivity index (χ0n) is 11.8. The number of rotatable bonds is 4. The molecule has 1 aliphatic heterocycles. The summed E-state index contributed by atoms with van der Waals surface area (Å²) in [5, 5.41) is 10.7. The predicted molar refractivity (Wildman–Crippen MR) is 87.0 cm³/mol. The number of nitrogens with zero attached hydrogens (tertiary/aromatic N) is 1. The first-order valence-corrected chi connectivity index (χ1v) is 7.58. The Balaban J connectivity index is 1.88. The van der Waals surface area contributed by atoms with Crippen molar-refractivity contribution in [1.82, 2.24) is 0 Å². The van der Waals surface area contributed by atoms with Gasteiger partial charge in [-0.15, -0.1) is 0 Å². The van der Waals surface area contributed by atoms with E-state index in [1.54, 1.807) is 12.1 Å². The number of phenolic OH excluding ortho intramolecular Hbond substituents is 1. The molecule has 0 bridgehead atoms. The van der Waals surface area contributed by atoms with Crippen molar-refractivity contribution in [2.45, 2.75) is 18.9 Å². The predicted octanol–water partition coefficient (Wildman–Crippen LogP) is 3.50. The van der Waals surface area contributed by atoms with E-state index in [4.69, 9.17) is 17.3 Å². The Morgan fingerprint density at radius 1 is 1.24 bits per heavy atom. The molecule has 1 aliphatic rings. The molecule has 0 amide bonds. The number of nitrogens with two attached hydrogens (primary N) is 1. The van der Waals surface area contributed by atoms with E-state index in [1.807, 2.05) is 6.07 Å². The molecule has 4 heteroatoms. The van der Waals surface area contributed by atoms with Crippen LogP contribution in [0.3, 0.4) is 0 Å². The average molecular weight is 303 g/mol. The number of para-hydroxylation sites is 1. The molecule has 3 rings (SSSR count). The van der Waals surface area contributed by atoms with Crippen LogP contribution in [0.15, 0.2) is 42.5 Å². The van der Waals surface area contributed by atoms with E-state index in [1.165, 1.54) is 11.3 Å². The van der Waals surface area contributed by atoms with Crippen LogP contribution in [0.2, 0.25) is 5.02 Å². The molecule has 1 unspecified atom stereocenters. The van der Waals surface area contributed by atoms with Crippen molar-refractivity contribution in [3.05, 3.63) is 58.6 Å². The zero-order valence-corrected chi connectivity index (χ0v) is 12.6. The molecule has 0 aliphatic carbocycles. The van der Waals surface area contributed by atoms with Crippen molar-refractivity contribution in [3.8, 4) is 5.75 Å². The number of anilines is 1. The quantitative estimate of drug-likeness (QED) is 0.909. The van der Waals surface area contributed by atoms with Crippen molar-refractivity contribution in [2.75, 3.05) is 18.0 Å². The highest BCUT2D eigenvalue weighted by Crippen LogP contribution is 2.39. The van der Waals surface area contributed by atoms with Gasteiger partial charge in [0, 0.05) is 35.3 Å². The fourth-order valence-electron chi connectivity index (χ4n) is 3.07. The maximum atomic E-state index is 10.0. The highest BCUT2D eigenvalue weighted by Gasteiger charge is 2.27. The maximum absolute atomic E-state index is 10.0. The first-order chi connectivity index (χ1) is 10.2. The van der Waals surface area contributed by atoms with Gasteiger partial charge in [-0.2, -0.15) is 0 Å². The summed E-state index contributed by atoms with van der Waals surface area (Å²) in [5.74, 6) is 0.756. The van der Waals surface area contributed by atoms with E-state index < -0.39 is 0 Å². The normalized spacial score (nSPS) is 17.0. The lowest BCUT2D eigenvalue weighted by molar-refractivity contribution is 0.467. The van der Waals surface area contributed by atoms with Crippen LogP contribution in [-0.2, 0) is 6.54 Å². The second-order valence-corrected chi connectivity index (χ2v) is 5.92. The molecule has 110 valence electrons. The largest absolute Gasteiger partial charge is 0.508 e. The van der Waals surface area contributed by atoms with Crippen molar-refractivity contribution in [1.29, 1.82) is 0 Å². The van der Waals surface area contributed by atoms with Gasteiger partial charge in [-0.05, 0) is 42.8 Å². The molecular weight excluding hydrogens is 284 g/mol. The Morgan fingerprint density at radius 2 is 2.05 bits per heavy atom. The minimum atomic E-state index is 0.291. The first-order valence-electron chi connectivity index (χ1n) is 7.20. The summed E-state index contributed by atoms with van der Waals surface area (Å²) in [7, 11) is 0. The third kappa shape index (κ3) is 2.85. The molecule has 0 fully saturated rings. The molecule has 0 saturated heterocycles. The molecule has 2 aromatic carbocycles. The van der Waals surface area contributed by atoms with E-state index in [-0.39, 0.29) is 0 Å². The van der Waals surface area contributed by atoms with Crippen LogP contribution in [-0.4, -0.2) is 18.2 Å². The number of phenols is 1. The fraction of sp³-hybridized carbons (Fsp3) is 0.294. The average Bonchev–Trinajstić information content (AvgIpc) is 2.82. The molecule has 0 radical (unpaired) electrons. The van der Waals surface area contributed by atoms with Crippen molar-refractivity contribution >= 4 is 17.3 Å². The lowest BCUT2D eigenvalue weighted by atomic mass is 9.98. The van der Waals surface area contributed by atoms with Crippen LogP contribution in [0.5, 0.6) is 5.75 Å². The van der Waals surface area contributed by atoms with E-state index in [9.17, 15) is 5.11 Å². The van der Waals surface area contributed by atoms with Gasteiger partial charge >= 0.3 is 0 Å². The molecule has 0 aromatic heterocycles. The van der Waals surface area contributed by atoms with E-state index in [0.717, 1.165) is 18.5 Å². The summed E-state index contributed by atoms with van der Waals surface area (Å²) in [6, 6.07) is 13.6. The lowest BCUT2D eigenvalue weighted by Crippen LogP contribution is -2.22. The van der Waals surface area contributed by atoms with E-state index in [0.29, 0.717) is 29.8 Å². The fourth-order valence-corrected chi connectivity index (χ4v) is 3.26. The Morgan fingerprint density at radius 3 is 2.86 bits per heavy atom. The highest BCUT2D eigenvalue weighted by atomic mass is 35.5. The van der Waals surface area contributed by atoms with Crippen LogP contribution >= 0.6 is 11.6 Å². The summed E-state index contributed by atoms with van der Waals surface area (Å²) < 4.78 is 0. The summed E-state index contributed by atoms with van der Waals surface area (Å²) in [6.45, 7) is 2.28. The molecular formula is C17H19ClN2O. The van der Waals surface area contributed by atoms with Gasteiger partial charge in [-0.1, -0.05) is 29.8 Å². The van der Waals surface area contributed by atoms with Crippen LogP contribution in [0, 0.1) is 0 Å². The molecule has 0 spiro atoms. The van der Waals surface area contributed by atoms with Crippen molar-refractivity contribution < 1.29 is 5.11 Å². The minimum absolute atomic E-state index is 0.291. The maximum Gasteiger partial charge on any atom is 0.120 e. The second-order valence-electron chi connectivity index (χ2n) is 5.49. The minimum Gasteiger partial charge on any atom is -0.508 e. The van der Waals surface area contributed by atoms with E-state index >= 15 is 0 Å². The summed E-state index contributed by atoms with van der Waals surface area (Å²) >= 11 is 6.03. The number of halogens is 1. The van der Waals surface area contributed by atoms with Gasteiger partial charge in [0.15, 0.2) is 0 Å². The number of fused-ring (bicyclic) bond motifs is 1. The molecule has 0 saturated carbocycles. The van der Waals surface area contributed by atoms with E-state index in [2.05, 4.69) is 29.2 Å². The summed E-state index contributed by atoms with van der Waals surface area (Å²) in [6.07, 6.45) is 0.981. The molecule has 1 atom stereocenters. The van der Waals surface area contributed by atoms with Gasteiger partial charge in [0.2, 0.25) is 0 Å². The molecule has 2 aromatic rings. The third-order valence-electron chi connectivity index (χ3n) is 4.08. The molecule has 3 N–H and O–H groups in total. The summed E-state index contributed by atoms with van der Waals surface area (Å²) in [4.78, 5) is 2.29. The first kappa shape index (κ1) is 14.2. The third-order valence-corrected chi connectivity index (χ3v) is 4.31. The Hall–Kier alpha value is -1.71. The number of hydrogen-bond acceptors (Lipinski definition) is 3. The Kier molecular flexibility index (Phi) is 4.04. The number of benzene rings is 2. The molecule has 1 heterocycles. The molecule has 21 heavy (non-hydrogen) atoms. The monoisotopic (exact) mass is 302 g/mol. The zero-order chi connectivity index (χ0) is 14.8. The SMILES string of the molecule is NCCC1CN(Cc2cc(Cl)ccc2O)c2ccccc21. The second kappa shape index (κ2) is 5.96. The van der Waals surface area contributed by atoms with Crippen LogP contribution in [0.1, 0.15) is 23.5 Å². The standard InChI is InChI=1S/C17H19ClN2O/c18-14-5-6-17(21)13(9-14)11-20-10-12(7-8-19)15-3-1-2-4-16(15)20/h1-6,9,12,21H,7-8,10-11,19H2. The Labute approximate surface area is 130 Å².